The van der Waals surface area contributed by atoms with Crippen LogP contribution in [0.5, 0.6) is 0 Å². The molecule has 0 aromatic heterocycles. The van der Waals surface area contributed by atoms with Crippen molar-refractivity contribution in [1.29, 1.82) is 0 Å². The first kappa shape index (κ1) is 16.2. The van der Waals surface area contributed by atoms with Crippen LogP contribution in [-0.4, -0.2) is 47.8 Å². The van der Waals surface area contributed by atoms with E-state index in [1.807, 2.05) is 6.07 Å². The van der Waals surface area contributed by atoms with E-state index in [9.17, 15) is 9.18 Å². The van der Waals surface area contributed by atoms with Gasteiger partial charge in [0, 0.05) is 38.3 Å². The fourth-order valence-electron chi connectivity index (χ4n) is 2.11. The Morgan fingerprint density at radius 1 is 1.21 bits per heavy atom. The summed E-state index contributed by atoms with van der Waals surface area (Å²) in [6.45, 7) is 3.45. The Balaban J connectivity index is 0.00000180. The molecule has 1 fully saturated rings. The van der Waals surface area contributed by atoms with E-state index in [1.165, 1.54) is 6.07 Å². The third kappa shape index (κ3) is 4.34. The number of piperazine rings is 1. The Kier molecular flexibility index (Phi) is 6.55. The van der Waals surface area contributed by atoms with Gasteiger partial charge in [-0.3, -0.25) is 9.69 Å². The number of hydrogen-bond donors (Lipinski definition) is 0. The molecule has 0 aliphatic carbocycles. The highest BCUT2D eigenvalue weighted by atomic mass is 35.5. The van der Waals surface area contributed by atoms with Crippen LogP contribution >= 0.6 is 24.0 Å². The van der Waals surface area contributed by atoms with Crippen LogP contribution in [0.15, 0.2) is 24.3 Å². The van der Waals surface area contributed by atoms with E-state index in [0.29, 0.717) is 25.2 Å². The molecule has 0 radical (unpaired) electrons. The summed E-state index contributed by atoms with van der Waals surface area (Å²) in [5.74, 6) is -0.160. The molecule has 0 bridgehead atoms. The normalized spacial score (nSPS) is 16.0. The highest BCUT2D eigenvalue weighted by molar-refractivity contribution is 6.27. The summed E-state index contributed by atoms with van der Waals surface area (Å²) in [7, 11) is 0. The first-order valence-electron chi connectivity index (χ1n) is 6.00. The summed E-state index contributed by atoms with van der Waals surface area (Å²) < 4.78 is 13.5. The maximum Gasteiger partial charge on any atom is 0.237 e. The van der Waals surface area contributed by atoms with E-state index in [1.54, 1.807) is 17.0 Å². The van der Waals surface area contributed by atoms with Gasteiger partial charge >= 0.3 is 0 Å². The van der Waals surface area contributed by atoms with Gasteiger partial charge < -0.3 is 4.90 Å². The molecule has 1 amide bonds. The minimum Gasteiger partial charge on any atom is -0.339 e. The molecule has 1 aromatic carbocycles. The van der Waals surface area contributed by atoms with E-state index in [0.717, 1.165) is 13.1 Å². The number of alkyl halides is 1. The molecule has 0 spiro atoms. The quantitative estimate of drug-likeness (QED) is 0.799. The summed E-state index contributed by atoms with van der Waals surface area (Å²) in [5.41, 5.74) is 0.703. The molecule has 1 saturated heterocycles. The van der Waals surface area contributed by atoms with Crippen molar-refractivity contribution in [1.82, 2.24) is 9.80 Å². The lowest BCUT2D eigenvalue weighted by atomic mass is 10.2. The van der Waals surface area contributed by atoms with Crippen molar-refractivity contribution in [3.05, 3.63) is 35.6 Å². The Bertz CT molecular complexity index is 423. The highest BCUT2D eigenvalue weighted by Gasteiger charge is 2.20. The van der Waals surface area contributed by atoms with Gasteiger partial charge in [0.2, 0.25) is 5.91 Å². The SMILES string of the molecule is Cl.O=C(CCl)N1CCN(Cc2ccccc2F)CC1. The molecule has 2 rings (SSSR count). The van der Waals surface area contributed by atoms with E-state index in [4.69, 9.17) is 11.6 Å². The van der Waals surface area contributed by atoms with Gasteiger partial charge in [-0.25, -0.2) is 4.39 Å². The van der Waals surface area contributed by atoms with E-state index >= 15 is 0 Å². The van der Waals surface area contributed by atoms with Crippen LogP contribution in [0.4, 0.5) is 4.39 Å². The van der Waals surface area contributed by atoms with E-state index < -0.39 is 0 Å². The summed E-state index contributed by atoms with van der Waals surface area (Å²) in [5, 5.41) is 0. The lowest BCUT2D eigenvalue weighted by molar-refractivity contribution is -0.130. The molecule has 1 aliphatic rings. The first-order chi connectivity index (χ1) is 8.70. The predicted octanol–water partition coefficient (Wildman–Crippen LogP) is 2.13. The van der Waals surface area contributed by atoms with Crippen LogP contribution in [0.25, 0.3) is 0 Å². The molecular weight excluding hydrogens is 290 g/mol. The third-order valence-electron chi connectivity index (χ3n) is 3.19. The second-order valence-corrected chi connectivity index (χ2v) is 4.65. The minimum atomic E-state index is -0.170. The number of halogens is 3. The molecule has 1 aliphatic heterocycles. The second-order valence-electron chi connectivity index (χ2n) is 4.38. The summed E-state index contributed by atoms with van der Waals surface area (Å²) in [4.78, 5) is 15.3. The van der Waals surface area contributed by atoms with Crippen molar-refractivity contribution >= 4 is 29.9 Å². The number of amides is 1. The molecule has 106 valence electrons. The lowest BCUT2D eigenvalue weighted by Gasteiger charge is -2.34. The number of hydrogen-bond acceptors (Lipinski definition) is 2. The molecule has 0 atom stereocenters. The molecule has 1 heterocycles. The van der Waals surface area contributed by atoms with Crippen LogP contribution < -0.4 is 0 Å². The summed E-state index contributed by atoms with van der Waals surface area (Å²) >= 11 is 5.52. The zero-order chi connectivity index (χ0) is 13.0. The molecule has 1 aromatic rings. The van der Waals surface area contributed by atoms with Gasteiger partial charge in [0.25, 0.3) is 0 Å². The number of nitrogens with zero attached hydrogens (tertiary/aromatic N) is 2. The van der Waals surface area contributed by atoms with Crippen molar-refractivity contribution in [3.8, 4) is 0 Å². The van der Waals surface area contributed by atoms with Crippen molar-refractivity contribution in [2.45, 2.75) is 6.54 Å². The fraction of sp³-hybridized carbons (Fsp3) is 0.462. The standard InChI is InChI=1S/C13H16ClFN2O.ClH/c14-9-13(18)17-7-5-16(6-8-17)10-11-3-1-2-4-12(11)15;/h1-4H,5-10H2;1H. The van der Waals surface area contributed by atoms with E-state index in [2.05, 4.69) is 4.90 Å². The zero-order valence-electron chi connectivity index (χ0n) is 10.5. The van der Waals surface area contributed by atoms with Crippen molar-refractivity contribution in [2.75, 3.05) is 32.1 Å². The topological polar surface area (TPSA) is 23.6 Å². The van der Waals surface area contributed by atoms with Crippen LogP contribution in [-0.2, 0) is 11.3 Å². The molecular formula is C13H17Cl2FN2O. The molecule has 3 nitrogen and oxygen atoms in total. The maximum absolute atomic E-state index is 13.5. The number of rotatable bonds is 3. The molecule has 0 unspecified atom stereocenters. The Morgan fingerprint density at radius 2 is 1.84 bits per heavy atom. The van der Waals surface area contributed by atoms with Crippen molar-refractivity contribution in [3.63, 3.8) is 0 Å². The van der Waals surface area contributed by atoms with Gasteiger partial charge in [0.05, 0.1) is 0 Å². The van der Waals surface area contributed by atoms with Gasteiger partial charge in [-0.05, 0) is 6.07 Å². The Hall–Kier alpha value is -0.840. The largest absolute Gasteiger partial charge is 0.339 e. The number of benzene rings is 1. The van der Waals surface area contributed by atoms with Gasteiger partial charge in [-0.2, -0.15) is 0 Å². The second kappa shape index (κ2) is 7.68. The van der Waals surface area contributed by atoms with Crippen LogP contribution in [0.1, 0.15) is 5.56 Å². The Morgan fingerprint density at radius 3 is 2.42 bits per heavy atom. The number of carbonyl (C=O) groups excluding carboxylic acids is 1. The average molecular weight is 307 g/mol. The first-order valence-corrected chi connectivity index (χ1v) is 6.53. The molecule has 0 saturated carbocycles. The van der Waals surface area contributed by atoms with Crippen LogP contribution in [0, 0.1) is 5.82 Å². The monoisotopic (exact) mass is 306 g/mol. The minimum absolute atomic E-state index is 0. The van der Waals surface area contributed by atoms with Crippen LogP contribution in [0.3, 0.4) is 0 Å². The third-order valence-corrected chi connectivity index (χ3v) is 3.42. The van der Waals surface area contributed by atoms with Gasteiger partial charge in [-0.1, -0.05) is 18.2 Å². The van der Waals surface area contributed by atoms with E-state index in [-0.39, 0.29) is 30.0 Å². The summed E-state index contributed by atoms with van der Waals surface area (Å²) in [6.07, 6.45) is 0. The lowest BCUT2D eigenvalue weighted by Crippen LogP contribution is -2.48. The van der Waals surface area contributed by atoms with Gasteiger partial charge in [-0.15, -0.1) is 24.0 Å². The highest BCUT2D eigenvalue weighted by Crippen LogP contribution is 2.12. The Labute approximate surface area is 123 Å². The molecule has 6 heteroatoms. The van der Waals surface area contributed by atoms with Crippen molar-refractivity contribution < 1.29 is 9.18 Å². The number of carbonyl (C=O) groups is 1. The fourth-order valence-corrected chi connectivity index (χ4v) is 2.28. The molecule has 0 N–H and O–H groups in total. The van der Waals surface area contributed by atoms with Crippen molar-refractivity contribution in [2.24, 2.45) is 0 Å². The summed E-state index contributed by atoms with van der Waals surface area (Å²) in [6, 6.07) is 6.80. The smallest absolute Gasteiger partial charge is 0.237 e. The molecule has 19 heavy (non-hydrogen) atoms. The van der Waals surface area contributed by atoms with Gasteiger partial charge in [0.15, 0.2) is 0 Å². The maximum atomic E-state index is 13.5. The predicted molar refractivity (Wildman–Crippen MR) is 76.2 cm³/mol. The van der Waals surface area contributed by atoms with Crippen LogP contribution in [0.2, 0.25) is 0 Å². The average Bonchev–Trinajstić information content (AvgIpc) is 2.41. The van der Waals surface area contributed by atoms with Gasteiger partial charge in [0.1, 0.15) is 11.7 Å². The zero-order valence-corrected chi connectivity index (χ0v) is 12.1.